The lowest BCUT2D eigenvalue weighted by molar-refractivity contribution is 0.0211. The molecule has 0 radical (unpaired) electrons. The zero-order valence-corrected chi connectivity index (χ0v) is 16.3. The molecule has 0 aliphatic carbocycles. The van der Waals surface area contributed by atoms with Gasteiger partial charge in [-0.2, -0.15) is 0 Å². The second-order valence-electron chi connectivity index (χ2n) is 6.93. The number of thiophene rings is 1. The first-order chi connectivity index (χ1) is 11.5. The van der Waals surface area contributed by atoms with Crippen LogP contribution in [-0.2, 0) is 10.2 Å². The summed E-state index contributed by atoms with van der Waals surface area (Å²) in [5.41, 5.74) is 0.0618. The van der Waals surface area contributed by atoms with E-state index in [4.69, 9.17) is 9.73 Å². The lowest BCUT2D eigenvalue weighted by atomic mass is 9.92. The summed E-state index contributed by atoms with van der Waals surface area (Å²) in [6.45, 7) is 15.1. The van der Waals surface area contributed by atoms with Gasteiger partial charge in [0.25, 0.3) is 0 Å². The Bertz CT molecular complexity index is 495. The fourth-order valence-corrected chi connectivity index (χ4v) is 3.60. The van der Waals surface area contributed by atoms with Gasteiger partial charge in [-0.15, -0.1) is 11.3 Å². The second kappa shape index (κ2) is 9.39. The van der Waals surface area contributed by atoms with Gasteiger partial charge in [-0.05, 0) is 25.3 Å². The Balaban J connectivity index is 1.88. The summed E-state index contributed by atoms with van der Waals surface area (Å²) in [6.07, 6.45) is 0. The van der Waals surface area contributed by atoms with Crippen molar-refractivity contribution in [2.24, 2.45) is 4.99 Å². The molecule has 24 heavy (non-hydrogen) atoms. The van der Waals surface area contributed by atoms with E-state index in [1.807, 2.05) is 0 Å². The molecule has 0 spiro atoms. The number of morpholine rings is 1. The minimum atomic E-state index is 0.0618. The van der Waals surface area contributed by atoms with Crippen LogP contribution in [0.15, 0.2) is 22.5 Å². The van der Waals surface area contributed by atoms with Crippen LogP contribution in [0.4, 0.5) is 0 Å². The Hall–Kier alpha value is -1.11. The van der Waals surface area contributed by atoms with Crippen LogP contribution in [0.25, 0.3) is 0 Å². The molecule has 1 atom stereocenters. The maximum atomic E-state index is 5.43. The largest absolute Gasteiger partial charge is 0.379 e. The quantitative estimate of drug-likeness (QED) is 0.584. The second-order valence-corrected chi connectivity index (χ2v) is 7.88. The summed E-state index contributed by atoms with van der Waals surface area (Å²) in [6, 6.07) is 4.78. The normalized spacial score (nSPS) is 18.4. The molecule has 1 aliphatic rings. The number of nitrogens with one attached hydrogen (secondary N) is 2. The molecule has 1 aliphatic heterocycles. The van der Waals surface area contributed by atoms with Gasteiger partial charge < -0.3 is 15.4 Å². The highest BCUT2D eigenvalue weighted by Gasteiger charge is 2.22. The molecule has 1 aromatic heterocycles. The number of hydrogen-bond acceptors (Lipinski definition) is 4. The Labute approximate surface area is 150 Å². The molecular weight excluding hydrogens is 320 g/mol. The molecule has 136 valence electrons. The maximum Gasteiger partial charge on any atom is 0.191 e. The Morgan fingerprint density at radius 2 is 2.12 bits per heavy atom. The summed E-state index contributed by atoms with van der Waals surface area (Å²) >= 11 is 1.80. The van der Waals surface area contributed by atoms with Gasteiger partial charge in [-0.1, -0.05) is 19.9 Å². The van der Waals surface area contributed by atoms with E-state index in [0.717, 1.165) is 51.9 Å². The van der Waals surface area contributed by atoms with Gasteiger partial charge in [-0.25, -0.2) is 0 Å². The monoisotopic (exact) mass is 352 g/mol. The first-order valence-electron chi connectivity index (χ1n) is 8.91. The van der Waals surface area contributed by atoms with E-state index >= 15 is 0 Å². The molecule has 0 aromatic carbocycles. The van der Waals surface area contributed by atoms with Crippen LogP contribution in [0.5, 0.6) is 0 Å². The molecule has 2 rings (SSSR count). The smallest absolute Gasteiger partial charge is 0.191 e. The van der Waals surface area contributed by atoms with Gasteiger partial charge in [0.05, 0.1) is 19.8 Å². The highest BCUT2D eigenvalue weighted by molar-refractivity contribution is 7.10. The van der Waals surface area contributed by atoms with E-state index in [-0.39, 0.29) is 5.41 Å². The van der Waals surface area contributed by atoms with Gasteiger partial charge in [-0.3, -0.25) is 9.89 Å². The van der Waals surface area contributed by atoms with E-state index in [0.29, 0.717) is 6.04 Å². The first kappa shape index (κ1) is 19.2. The summed E-state index contributed by atoms with van der Waals surface area (Å²) in [5, 5.41) is 8.99. The van der Waals surface area contributed by atoms with Crippen molar-refractivity contribution in [1.29, 1.82) is 0 Å². The number of rotatable bonds is 7. The van der Waals surface area contributed by atoms with Crippen LogP contribution >= 0.6 is 11.3 Å². The van der Waals surface area contributed by atoms with E-state index < -0.39 is 0 Å². The summed E-state index contributed by atoms with van der Waals surface area (Å²) in [7, 11) is 0. The van der Waals surface area contributed by atoms with E-state index in [2.05, 4.69) is 60.7 Å². The van der Waals surface area contributed by atoms with Crippen molar-refractivity contribution in [3.05, 3.63) is 22.4 Å². The molecular formula is C18H32N4OS. The van der Waals surface area contributed by atoms with Gasteiger partial charge in [0.15, 0.2) is 5.96 Å². The third kappa shape index (κ3) is 5.76. The Morgan fingerprint density at radius 3 is 2.75 bits per heavy atom. The average molecular weight is 353 g/mol. The van der Waals surface area contributed by atoms with Crippen LogP contribution in [0.2, 0.25) is 0 Å². The summed E-state index contributed by atoms with van der Waals surface area (Å²) in [4.78, 5) is 8.66. The molecule has 1 saturated heterocycles. The number of hydrogen-bond donors (Lipinski definition) is 2. The molecule has 0 amide bonds. The predicted octanol–water partition coefficient (Wildman–Crippen LogP) is 2.30. The van der Waals surface area contributed by atoms with Crippen molar-refractivity contribution in [2.45, 2.75) is 39.2 Å². The van der Waals surface area contributed by atoms with Crippen LogP contribution in [-0.4, -0.2) is 62.8 Å². The molecule has 6 heteroatoms. The van der Waals surface area contributed by atoms with Crippen molar-refractivity contribution in [1.82, 2.24) is 15.5 Å². The molecule has 2 N–H and O–H groups in total. The third-order valence-electron chi connectivity index (χ3n) is 4.40. The maximum absolute atomic E-state index is 5.43. The Morgan fingerprint density at radius 1 is 1.38 bits per heavy atom. The van der Waals surface area contributed by atoms with E-state index in [9.17, 15) is 0 Å². The van der Waals surface area contributed by atoms with Crippen molar-refractivity contribution in [2.75, 3.05) is 45.9 Å². The van der Waals surface area contributed by atoms with Crippen LogP contribution in [0.1, 0.15) is 32.6 Å². The third-order valence-corrected chi connectivity index (χ3v) is 5.63. The van der Waals surface area contributed by atoms with Crippen LogP contribution in [0, 0.1) is 0 Å². The summed E-state index contributed by atoms with van der Waals surface area (Å²) < 4.78 is 5.43. The zero-order valence-electron chi connectivity index (χ0n) is 15.5. The van der Waals surface area contributed by atoms with Gasteiger partial charge in [0.2, 0.25) is 0 Å². The topological polar surface area (TPSA) is 48.9 Å². The SMILES string of the molecule is CCNC(=NCC(C)(C)c1cccs1)NCC(C)N1CCOCC1. The van der Waals surface area contributed by atoms with Crippen molar-refractivity contribution in [3.63, 3.8) is 0 Å². The number of aliphatic imine (C=N–C) groups is 1. The lowest BCUT2D eigenvalue weighted by Gasteiger charge is -2.32. The van der Waals surface area contributed by atoms with Crippen molar-refractivity contribution in [3.8, 4) is 0 Å². The van der Waals surface area contributed by atoms with Gasteiger partial charge in [0.1, 0.15) is 0 Å². The minimum absolute atomic E-state index is 0.0618. The fourth-order valence-electron chi connectivity index (χ4n) is 2.75. The number of ether oxygens (including phenoxy) is 1. The number of guanidine groups is 1. The van der Waals surface area contributed by atoms with Crippen LogP contribution in [0.3, 0.4) is 0 Å². The average Bonchev–Trinajstić information content (AvgIpc) is 3.13. The zero-order chi connectivity index (χ0) is 17.4. The highest BCUT2D eigenvalue weighted by Crippen LogP contribution is 2.27. The Kier molecular flexibility index (Phi) is 7.52. The van der Waals surface area contributed by atoms with Gasteiger partial charge in [0, 0.05) is 42.5 Å². The van der Waals surface area contributed by atoms with E-state index in [1.54, 1.807) is 11.3 Å². The fraction of sp³-hybridized carbons (Fsp3) is 0.722. The summed E-state index contributed by atoms with van der Waals surface area (Å²) in [5.74, 6) is 0.905. The minimum Gasteiger partial charge on any atom is -0.379 e. The molecule has 0 bridgehead atoms. The van der Waals surface area contributed by atoms with Gasteiger partial charge >= 0.3 is 0 Å². The predicted molar refractivity (Wildman–Crippen MR) is 103 cm³/mol. The van der Waals surface area contributed by atoms with E-state index in [1.165, 1.54) is 4.88 Å². The van der Waals surface area contributed by atoms with Crippen molar-refractivity contribution < 1.29 is 4.74 Å². The molecule has 0 saturated carbocycles. The van der Waals surface area contributed by atoms with Crippen molar-refractivity contribution >= 4 is 17.3 Å². The molecule has 2 heterocycles. The highest BCUT2D eigenvalue weighted by atomic mass is 32.1. The van der Waals surface area contributed by atoms with Crippen LogP contribution < -0.4 is 10.6 Å². The molecule has 1 unspecified atom stereocenters. The standard InChI is InChI=1S/C18H32N4OS/c1-5-19-17(20-13-15(2)22-8-10-23-11-9-22)21-14-18(3,4)16-7-6-12-24-16/h6-7,12,15H,5,8-11,13-14H2,1-4H3,(H2,19,20,21). The number of nitrogens with zero attached hydrogens (tertiary/aromatic N) is 2. The first-order valence-corrected chi connectivity index (χ1v) is 9.79. The molecule has 1 fully saturated rings. The molecule has 1 aromatic rings. The lowest BCUT2D eigenvalue weighted by Crippen LogP contribution is -2.49. The molecule has 5 nitrogen and oxygen atoms in total.